The summed E-state index contributed by atoms with van der Waals surface area (Å²) in [7, 11) is 0. The van der Waals surface area contributed by atoms with Crippen LogP contribution in [0, 0.1) is 18.3 Å². The van der Waals surface area contributed by atoms with Crippen molar-refractivity contribution in [1.29, 1.82) is 5.26 Å². The summed E-state index contributed by atoms with van der Waals surface area (Å²) in [6.45, 7) is 3.45. The third-order valence-electron chi connectivity index (χ3n) is 3.35. The van der Waals surface area contributed by atoms with Crippen LogP contribution in [0.2, 0.25) is 0 Å². The molecule has 0 atom stereocenters. The summed E-state index contributed by atoms with van der Waals surface area (Å²) < 4.78 is 0. The van der Waals surface area contributed by atoms with Gasteiger partial charge in [-0.05, 0) is 50.2 Å². The highest BCUT2D eigenvalue weighted by atomic mass is 16.1. The molecule has 0 unspecified atom stereocenters. The fraction of sp³-hybridized carbons (Fsp3) is 0.105. The number of carbonyl (C=O) groups excluding carboxylic acids is 2. The van der Waals surface area contributed by atoms with Gasteiger partial charge in [0.05, 0.1) is 0 Å². The molecule has 120 valence electrons. The molecule has 2 aromatic rings. The lowest BCUT2D eigenvalue weighted by molar-refractivity contribution is -0.112. The normalized spacial score (nSPS) is 10.6. The zero-order valence-electron chi connectivity index (χ0n) is 13.5. The maximum atomic E-state index is 12.1. The van der Waals surface area contributed by atoms with E-state index >= 15 is 0 Å². The summed E-state index contributed by atoms with van der Waals surface area (Å²) in [5.74, 6) is -0.569. The number of Topliss-reactive ketones (excluding diaryl/α,β-unsaturated/α-hetero) is 1. The average Bonchev–Trinajstić information content (AvgIpc) is 2.57. The number of carbonyl (C=O) groups is 2. The molecule has 0 aromatic heterocycles. The average molecular weight is 319 g/mol. The zero-order valence-corrected chi connectivity index (χ0v) is 13.5. The largest absolute Gasteiger partial charge is 0.360 e. The third-order valence-corrected chi connectivity index (χ3v) is 3.35. The lowest BCUT2D eigenvalue weighted by Crippen LogP contribution is -2.14. The summed E-state index contributed by atoms with van der Waals surface area (Å²) in [4.78, 5) is 23.4. The smallest absolute Gasteiger partial charge is 0.267 e. The van der Waals surface area contributed by atoms with Gasteiger partial charge in [0, 0.05) is 23.1 Å². The molecule has 0 radical (unpaired) electrons. The Hall–Kier alpha value is -3.39. The summed E-state index contributed by atoms with van der Waals surface area (Å²) in [6, 6.07) is 15.9. The van der Waals surface area contributed by atoms with Crippen LogP contribution < -0.4 is 10.6 Å². The van der Waals surface area contributed by atoms with Crippen LogP contribution in [0.4, 0.5) is 11.4 Å². The van der Waals surface area contributed by atoms with Crippen LogP contribution in [-0.4, -0.2) is 11.7 Å². The molecule has 1 amide bonds. The van der Waals surface area contributed by atoms with Crippen molar-refractivity contribution in [3.8, 4) is 6.07 Å². The van der Waals surface area contributed by atoms with Gasteiger partial charge in [0.2, 0.25) is 0 Å². The Morgan fingerprint density at radius 2 is 1.58 bits per heavy atom. The predicted octanol–water partition coefficient (Wildman–Crippen LogP) is 3.66. The molecular weight excluding hydrogens is 302 g/mol. The van der Waals surface area contributed by atoms with E-state index in [1.54, 1.807) is 24.3 Å². The van der Waals surface area contributed by atoms with Crippen molar-refractivity contribution in [2.24, 2.45) is 0 Å². The second-order valence-electron chi connectivity index (χ2n) is 5.27. The van der Waals surface area contributed by atoms with Gasteiger partial charge in [0.1, 0.15) is 11.6 Å². The SMILES string of the molecule is CC(=O)c1ccc(NC(=O)/C(C#N)=C\Nc2ccc(C)cc2)cc1. The first-order valence-electron chi connectivity index (χ1n) is 7.35. The quantitative estimate of drug-likeness (QED) is 0.500. The van der Waals surface area contributed by atoms with Gasteiger partial charge >= 0.3 is 0 Å². The number of nitriles is 1. The molecule has 0 spiro atoms. The van der Waals surface area contributed by atoms with E-state index in [1.807, 2.05) is 37.3 Å². The Kier molecular flexibility index (Phi) is 5.48. The fourth-order valence-electron chi connectivity index (χ4n) is 1.94. The van der Waals surface area contributed by atoms with Crippen molar-refractivity contribution in [1.82, 2.24) is 0 Å². The summed E-state index contributed by atoms with van der Waals surface area (Å²) in [5, 5.41) is 14.7. The van der Waals surface area contributed by atoms with Crippen LogP contribution in [-0.2, 0) is 4.79 Å². The number of benzene rings is 2. The molecule has 2 rings (SSSR count). The van der Waals surface area contributed by atoms with Crippen molar-refractivity contribution in [2.45, 2.75) is 13.8 Å². The van der Waals surface area contributed by atoms with E-state index in [0.717, 1.165) is 11.3 Å². The van der Waals surface area contributed by atoms with Gasteiger partial charge in [-0.2, -0.15) is 5.26 Å². The van der Waals surface area contributed by atoms with Gasteiger partial charge < -0.3 is 10.6 Å². The van der Waals surface area contributed by atoms with Crippen molar-refractivity contribution in [3.63, 3.8) is 0 Å². The summed E-state index contributed by atoms with van der Waals surface area (Å²) in [6.07, 6.45) is 1.37. The number of rotatable bonds is 5. The number of amides is 1. The van der Waals surface area contributed by atoms with Gasteiger partial charge in [-0.3, -0.25) is 9.59 Å². The Morgan fingerprint density at radius 3 is 2.12 bits per heavy atom. The summed E-state index contributed by atoms with van der Waals surface area (Å²) >= 11 is 0. The standard InChI is InChI=1S/C19H17N3O2/c1-13-3-7-17(8-4-13)21-12-16(11-20)19(24)22-18-9-5-15(6-10-18)14(2)23/h3-10,12,21H,1-2H3,(H,22,24)/b16-12-. The van der Waals surface area contributed by atoms with Crippen molar-refractivity contribution < 1.29 is 9.59 Å². The highest BCUT2D eigenvalue weighted by molar-refractivity contribution is 6.07. The lowest BCUT2D eigenvalue weighted by atomic mass is 10.1. The molecule has 5 nitrogen and oxygen atoms in total. The fourth-order valence-corrected chi connectivity index (χ4v) is 1.94. The number of ketones is 1. The Labute approximate surface area is 140 Å². The molecule has 0 bridgehead atoms. The minimum atomic E-state index is -0.521. The first-order chi connectivity index (χ1) is 11.5. The van der Waals surface area contributed by atoms with Crippen molar-refractivity contribution in [2.75, 3.05) is 10.6 Å². The van der Waals surface area contributed by atoms with E-state index in [2.05, 4.69) is 10.6 Å². The number of nitrogens with one attached hydrogen (secondary N) is 2. The first kappa shape index (κ1) is 17.0. The van der Waals surface area contributed by atoms with Gasteiger partial charge in [-0.25, -0.2) is 0 Å². The second kappa shape index (κ2) is 7.75. The molecule has 5 heteroatoms. The Bertz CT molecular complexity index is 813. The third kappa shape index (κ3) is 4.55. The molecule has 2 N–H and O–H groups in total. The molecule has 0 aliphatic carbocycles. The highest BCUT2D eigenvalue weighted by Crippen LogP contribution is 2.12. The van der Waals surface area contributed by atoms with Gasteiger partial charge in [-0.1, -0.05) is 17.7 Å². The second-order valence-corrected chi connectivity index (χ2v) is 5.27. The van der Waals surface area contributed by atoms with Crippen LogP contribution in [0.3, 0.4) is 0 Å². The number of aryl methyl sites for hydroxylation is 1. The minimum absolute atomic E-state index is 0.0483. The minimum Gasteiger partial charge on any atom is -0.360 e. The van der Waals surface area contributed by atoms with Gasteiger partial charge in [0.25, 0.3) is 5.91 Å². The Morgan fingerprint density at radius 1 is 1.00 bits per heavy atom. The molecule has 0 saturated heterocycles. The van der Waals surface area contributed by atoms with Crippen LogP contribution in [0.25, 0.3) is 0 Å². The molecular formula is C19H17N3O2. The molecule has 0 aliphatic rings. The number of nitrogens with zero attached hydrogens (tertiary/aromatic N) is 1. The number of anilines is 2. The van der Waals surface area contributed by atoms with Crippen LogP contribution in [0.5, 0.6) is 0 Å². The summed E-state index contributed by atoms with van der Waals surface area (Å²) in [5.41, 5.74) is 2.93. The number of hydrogen-bond acceptors (Lipinski definition) is 4. The zero-order chi connectivity index (χ0) is 17.5. The van der Waals surface area contributed by atoms with Crippen LogP contribution in [0.15, 0.2) is 60.3 Å². The molecule has 0 aliphatic heterocycles. The van der Waals surface area contributed by atoms with Crippen molar-refractivity contribution >= 4 is 23.1 Å². The maximum absolute atomic E-state index is 12.1. The van der Waals surface area contributed by atoms with Gasteiger partial charge in [-0.15, -0.1) is 0 Å². The molecule has 24 heavy (non-hydrogen) atoms. The molecule has 2 aromatic carbocycles. The predicted molar refractivity (Wildman–Crippen MR) is 93.6 cm³/mol. The van der Waals surface area contributed by atoms with E-state index in [4.69, 9.17) is 5.26 Å². The first-order valence-corrected chi connectivity index (χ1v) is 7.35. The van der Waals surface area contributed by atoms with E-state index in [1.165, 1.54) is 13.1 Å². The lowest BCUT2D eigenvalue weighted by Gasteiger charge is -2.06. The topological polar surface area (TPSA) is 82.0 Å². The Balaban J connectivity index is 2.05. The molecule has 0 saturated carbocycles. The maximum Gasteiger partial charge on any atom is 0.267 e. The number of hydrogen-bond donors (Lipinski definition) is 2. The van der Waals surface area contributed by atoms with E-state index in [-0.39, 0.29) is 11.4 Å². The van der Waals surface area contributed by atoms with E-state index in [9.17, 15) is 9.59 Å². The van der Waals surface area contributed by atoms with E-state index < -0.39 is 5.91 Å². The van der Waals surface area contributed by atoms with E-state index in [0.29, 0.717) is 11.3 Å². The van der Waals surface area contributed by atoms with Crippen LogP contribution >= 0.6 is 0 Å². The monoisotopic (exact) mass is 319 g/mol. The highest BCUT2D eigenvalue weighted by Gasteiger charge is 2.09. The van der Waals surface area contributed by atoms with Crippen molar-refractivity contribution in [3.05, 3.63) is 71.4 Å². The van der Waals surface area contributed by atoms with Gasteiger partial charge in [0.15, 0.2) is 5.78 Å². The molecule has 0 fully saturated rings. The van der Waals surface area contributed by atoms with Crippen LogP contribution in [0.1, 0.15) is 22.8 Å². The molecule has 0 heterocycles.